The first kappa shape index (κ1) is 23.5. The molecular formula is C26H31FN2O3S. The molecule has 4 rings (SSSR count). The smallest absolute Gasteiger partial charge is 0.211 e. The van der Waals surface area contributed by atoms with E-state index in [1.165, 1.54) is 24.4 Å². The molecule has 2 aromatic carbocycles. The van der Waals surface area contributed by atoms with Crippen LogP contribution in [0.2, 0.25) is 0 Å². The van der Waals surface area contributed by atoms with Gasteiger partial charge in [-0.1, -0.05) is 38.0 Å². The number of unbranched alkanes of at least 4 members (excludes halogenated alkanes) is 1. The van der Waals surface area contributed by atoms with Gasteiger partial charge in [-0.3, -0.25) is 4.79 Å². The topological polar surface area (TPSA) is 59.4 Å². The summed E-state index contributed by atoms with van der Waals surface area (Å²) in [6.45, 7) is 8.16. The maximum absolute atomic E-state index is 15.3. The van der Waals surface area contributed by atoms with Gasteiger partial charge < -0.3 is 9.47 Å². The molecule has 0 aliphatic carbocycles. The second-order valence-electron chi connectivity index (χ2n) is 9.20. The molecule has 0 spiro atoms. The first-order chi connectivity index (χ1) is 15.7. The molecule has 1 saturated heterocycles. The molecule has 1 fully saturated rings. The minimum atomic E-state index is -4.04. The number of sulfone groups is 1. The van der Waals surface area contributed by atoms with Crippen LogP contribution in [0.4, 0.5) is 10.1 Å². The number of nitrogens with zero attached hydrogens (tertiary/aromatic N) is 2. The minimum Gasteiger partial charge on any atom is -0.369 e. The molecule has 3 aromatic rings. The molecule has 0 bridgehead atoms. The first-order valence-corrected chi connectivity index (χ1v) is 13.1. The Morgan fingerprint density at radius 3 is 2.55 bits per heavy atom. The van der Waals surface area contributed by atoms with Crippen molar-refractivity contribution in [3.63, 3.8) is 0 Å². The summed E-state index contributed by atoms with van der Waals surface area (Å²) in [5.41, 5.74) is 1.32. The Bertz CT molecular complexity index is 1330. The van der Waals surface area contributed by atoms with E-state index in [0.29, 0.717) is 23.7 Å². The zero-order valence-electron chi connectivity index (χ0n) is 19.5. The molecule has 1 aromatic heterocycles. The lowest BCUT2D eigenvalue weighted by molar-refractivity contribution is 0.442. The number of fused-ring (bicyclic) bond motifs is 1. The van der Waals surface area contributed by atoms with Gasteiger partial charge in [-0.25, -0.2) is 12.8 Å². The molecule has 176 valence electrons. The fourth-order valence-corrected chi connectivity index (χ4v) is 5.94. The van der Waals surface area contributed by atoms with Crippen molar-refractivity contribution < 1.29 is 12.8 Å². The van der Waals surface area contributed by atoms with Crippen LogP contribution < -0.4 is 10.3 Å². The summed E-state index contributed by atoms with van der Waals surface area (Å²) in [7, 11) is -4.04. The van der Waals surface area contributed by atoms with E-state index in [1.54, 1.807) is 22.8 Å². The standard InChI is InChI=1S/C26H31FN2O3S/c1-4-5-12-29-17-25(33(31,32)20-10-8-18(2)9-11-20)26(30)21-14-22(27)24(15-23(21)29)28-13-6-7-19(3)16-28/h8-11,14-15,17,19H,4-7,12-13,16H2,1-3H3/t19-/m1/s1. The first-order valence-electron chi connectivity index (χ1n) is 11.7. The van der Waals surface area contributed by atoms with Crippen molar-refractivity contribution in [3.8, 4) is 0 Å². The van der Waals surface area contributed by atoms with Crippen molar-refractivity contribution in [1.29, 1.82) is 0 Å². The highest BCUT2D eigenvalue weighted by atomic mass is 32.2. The van der Waals surface area contributed by atoms with Gasteiger partial charge in [0.2, 0.25) is 15.3 Å². The molecule has 5 nitrogen and oxygen atoms in total. The fourth-order valence-electron chi connectivity index (χ4n) is 4.57. The number of hydrogen-bond donors (Lipinski definition) is 0. The van der Waals surface area contributed by atoms with Crippen LogP contribution in [-0.4, -0.2) is 26.1 Å². The average molecular weight is 471 g/mol. The lowest BCUT2D eigenvalue weighted by Gasteiger charge is -2.33. The van der Waals surface area contributed by atoms with Crippen molar-refractivity contribution in [1.82, 2.24) is 4.57 Å². The number of rotatable bonds is 6. The highest BCUT2D eigenvalue weighted by Gasteiger charge is 2.26. The molecule has 0 radical (unpaired) electrons. The number of pyridine rings is 1. The summed E-state index contributed by atoms with van der Waals surface area (Å²) in [6.07, 6.45) is 5.28. The number of aryl methyl sites for hydroxylation is 2. The lowest BCUT2D eigenvalue weighted by atomic mass is 9.99. The number of halogens is 1. The van der Waals surface area contributed by atoms with E-state index in [1.807, 2.05) is 11.8 Å². The Kier molecular flexibility index (Phi) is 6.61. The van der Waals surface area contributed by atoms with Gasteiger partial charge in [0.15, 0.2) is 0 Å². The summed E-state index contributed by atoms with van der Waals surface area (Å²) < 4.78 is 43.8. The highest BCUT2D eigenvalue weighted by molar-refractivity contribution is 7.91. The predicted octanol–water partition coefficient (Wildman–Crippen LogP) is 5.32. The van der Waals surface area contributed by atoms with E-state index >= 15 is 4.39 Å². The Morgan fingerprint density at radius 2 is 1.88 bits per heavy atom. The third-order valence-corrected chi connectivity index (χ3v) is 8.25. The molecule has 0 amide bonds. The second-order valence-corrected chi connectivity index (χ2v) is 11.1. The van der Waals surface area contributed by atoms with E-state index in [4.69, 9.17) is 0 Å². The molecular weight excluding hydrogens is 439 g/mol. The van der Waals surface area contributed by atoms with Crippen molar-refractivity contribution in [2.75, 3.05) is 18.0 Å². The monoisotopic (exact) mass is 470 g/mol. The van der Waals surface area contributed by atoms with Crippen LogP contribution in [0, 0.1) is 18.7 Å². The number of aromatic nitrogens is 1. The molecule has 33 heavy (non-hydrogen) atoms. The van der Waals surface area contributed by atoms with E-state index in [-0.39, 0.29) is 15.2 Å². The number of anilines is 1. The van der Waals surface area contributed by atoms with Gasteiger partial charge in [0.05, 0.1) is 21.5 Å². The van der Waals surface area contributed by atoms with Gasteiger partial charge in [-0.15, -0.1) is 0 Å². The fraction of sp³-hybridized carbons (Fsp3) is 0.423. The Morgan fingerprint density at radius 1 is 1.15 bits per heavy atom. The van der Waals surface area contributed by atoms with Gasteiger partial charge in [-0.05, 0) is 56.4 Å². The van der Waals surface area contributed by atoms with Crippen molar-refractivity contribution in [2.45, 2.75) is 62.8 Å². The van der Waals surface area contributed by atoms with Crippen molar-refractivity contribution in [3.05, 3.63) is 64.2 Å². The van der Waals surface area contributed by atoms with Crippen molar-refractivity contribution >= 4 is 26.4 Å². The van der Waals surface area contributed by atoms with Gasteiger partial charge in [0.1, 0.15) is 10.7 Å². The Labute approximate surface area is 194 Å². The van der Waals surface area contributed by atoms with Gasteiger partial charge in [0.25, 0.3) is 0 Å². The molecule has 7 heteroatoms. The van der Waals surface area contributed by atoms with Gasteiger partial charge >= 0.3 is 0 Å². The zero-order valence-corrected chi connectivity index (χ0v) is 20.3. The van der Waals surface area contributed by atoms with E-state index in [0.717, 1.165) is 44.3 Å². The number of piperidine rings is 1. The van der Waals surface area contributed by atoms with Crippen LogP contribution in [0.5, 0.6) is 0 Å². The quantitative estimate of drug-likeness (QED) is 0.489. The summed E-state index contributed by atoms with van der Waals surface area (Å²) in [6, 6.07) is 9.37. The summed E-state index contributed by atoms with van der Waals surface area (Å²) in [4.78, 5) is 15.1. The third-order valence-electron chi connectivity index (χ3n) is 6.49. The highest BCUT2D eigenvalue weighted by Crippen LogP contribution is 2.30. The average Bonchev–Trinajstić information content (AvgIpc) is 2.78. The normalized spacial score (nSPS) is 17.0. The van der Waals surface area contributed by atoms with Crippen LogP contribution >= 0.6 is 0 Å². The predicted molar refractivity (Wildman–Crippen MR) is 130 cm³/mol. The number of hydrogen-bond acceptors (Lipinski definition) is 4. The minimum absolute atomic E-state index is 0.0611. The van der Waals surface area contributed by atoms with E-state index < -0.39 is 21.1 Å². The largest absolute Gasteiger partial charge is 0.369 e. The molecule has 0 saturated carbocycles. The summed E-state index contributed by atoms with van der Waals surface area (Å²) in [5, 5.41) is 0.102. The van der Waals surface area contributed by atoms with Crippen molar-refractivity contribution in [2.24, 2.45) is 5.92 Å². The maximum atomic E-state index is 15.3. The zero-order chi connectivity index (χ0) is 23.8. The molecule has 1 aliphatic rings. The molecule has 1 aliphatic heterocycles. The lowest BCUT2D eigenvalue weighted by Crippen LogP contribution is -2.35. The SMILES string of the molecule is CCCCn1cc(S(=O)(=O)c2ccc(C)cc2)c(=O)c2cc(F)c(N3CCC[C@@H](C)C3)cc21. The summed E-state index contributed by atoms with van der Waals surface area (Å²) >= 11 is 0. The van der Waals surface area contributed by atoms with E-state index in [2.05, 4.69) is 13.8 Å². The van der Waals surface area contributed by atoms with Crippen LogP contribution in [-0.2, 0) is 16.4 Å². The Balaban J connectivity index is 1.92. The Hall–Kier alpha value is -2.67. The van der Waals surface area contributed by atoms with Gasteiger partial charge in [-0.2, -0.15) is 0 Å². The number of benzene rings is 2. The third kappa shape index (κ3) is 4.56. The molecule has 2 heterocycles. The van der Waals surface area contributed by atoms with Gasteiger partial charge in [0, 0.05) is 25.8 Å². The molecule has 0 unspecified atom stereocenters. The second kappa shape index (κ2) is 9.29. The van der Waals surface area contributed by atoms with Crippen LogP contribution in [0.1, 0.15) is 45.1 Å². The van der Waals surface area contributed by atoms with Crippen LogP contribution in [0.15, 0.2) is 57.2 Å². The maximum Gasteiger partial charge on any atom is 0.211 e. The molecule has 1 atom stereocenters. The van der Waals surface area contributed by atoms with Crippen LogP contribution in [0.25, 0.3) is 10.9 Å². The summed E-state index contributed by atoms with van der Waals surface area (Å²) in [5.74, 6) is -0.0150. The van der Waals surface area contributed by atoms with Crippen LogP contribution in [0.3, 0.4) is 0 Å². The molecule has 0 N–H and O–H groups in total. The van der Waals surface area contributed by atoms with E-state index in [9.17, 15) is 13.2 Å².